The maximum absolute atomic E-state index is 14.0. The van der Waals surface area contributed by atoms with Crippen LogP contribution in [0.3, 0.4) is 0 Å². The molecule has 0 bridgehead atoms. The number of benzene rings is 3. The van der Waals surface area contributed by atoms with E-state index in [0.29, 0.717) is 35.5 Å². The third-order valence-corrected chi connectivity index (χ3v) is 6.81. The first kappa shape index (κ1) is 26.3. The van der Waals surface area contributed by atoms with Gasteiger partial charge in [-0.2, -0.15) is 0 Å². The van der Waals surface area contributed by atoms with E-state index in [2.05, 4.69) is 15.6 Å². The number of ether oxygens (including phenoxy) is 2. The molecule has 2 heterocycles. The van der Waals surface area contributed by atoms with Gasteiger partial charge in [-0.3, -0.25) is 9.59 Å². The summed E-state index contributed by atoms with van der Waals surface area (Å²) in [6.07, 6.45) is 1.72. The minimum Gasteiger partial charge on any atom is -0.497 e. The number of para-hydroxylation sites is 1. The second-order valence-corrected chi connectivity index (χ2v) is 9.44. The Hall–Kier alpha value is -4.31. The molecule has 1 fully saturated rings. The van der Waals surface area contributed by atoms with Gasteiger partial charge in [0.1, 0.15) is 29.7 Å². The van der Waals surface area contributed by atoms with Crippen LogP contribution in [-0.4, -0.2) is 58.1 Å². The SMILES string of the molecule is COc1ccc(CN(C(=O)Cn2nnc3ccccc32)[C@@H](C(=O)NC[C@@H]2CCCO2)c2ccc(F)cc2)cc1. The first-order valence-corrected chi connectivity index (χ1v) is 12.9. The minimum atomic E-state index is -1.02. The quantitative estimate of drug-likeness (QED) is 0.336. The summed E-state index contributed by atoms with van der Waals surface area (Å²) in [4.78, 5) is 29.2. The lowest BCUT2D eigenvalue weighted by Gasteiger charge is -2.32. The topological polar surface area (TPSA) is 98.6 Å². The van der Waals surface area contributed by atoms with Gasteiger partial charge in [0, 0.05) is 19.7 Å². The van der Waals surface area contributed by atoms with Gasteiger partial charge in [-0.05, 0) is 60.4 Å². The van der Waals surface area contributed by atoms with E-state index in [4.69, 9.17) is 9.47 Å². The highest BCUT2D eigenvalue weighted by Crippen LogP contribution is 2.26. The van der Waals surface area contributed by atoms with Crippen LogP contribution in [0.25, 0.3) is 11.0 Å². The standard InChI is InChI=1S/C29H30FN5O4/c1-38-23-14-8-20(9-15-23)18-34(27(36)19-35-26-7-3-2-6-25(26)32-33-35)28(21-10-12-22(30)13-11-21)29(37)31-17-24-5-4-16-39-24/h2-3,6-15,24,28H,4-5,16-19H2,1H3,(H,31,37)/t24-,28+/m0/s1. The number of amides is 2. The molecule has 1 N–H and O–H groups in total. The Morgan fingerprint density at radius 2 is 1.90 bits per heavy atom. The number of fused-ring (bicyclic) bond motifs is 1. The average molecular weight is 532 g/mol. The van der Waals surface area contributed by atoms with Crippen molar-refractivity contribution in [3.05, 3.63) is 89.7 Å². The summed E-state index contributed by atoms with van der Waals surface area (Å²) in [7, 11) is 1.58. The molecule has 5 rings (SSSR count). The van der Waals surface area contributed by atoms with Crippen molar-refractivity contribution in [2.45, 2.75) is 38.1 Å². The Morgan fingerprint density at radius 1 is 1.13 bits per heavy atom. The number of hydrogen-bond acceptors (Lipinski definition) is 6. The molecule has 2 atom stereocenters. The van der Waals surface area contributed by atoms with Gasteiger partial charge in [0.15, 0.2) is 0 Å². The molecule has 0 radical (unpaired) electrons. The number of rotatable bonds is 10. The summed E-state index contributed by atoms with van der Waals surface area (Å²) in [6, 6.07) is 19.3. The van der Waals surface area contributed by atoms with Crippen molar-refractivity contribution in [1.29, 1.82) is 0 Å². The second kappa shape index (κ2) is 12.0. The van der Waals surface area contributed by atoms with Crippen LogP contribution >= 0.6 is 0 Å². The third kappa shape index (κ3) is 6.23. The zero-order valence-corrected chi connectivity index (χ0v) is 21.6. The maximum Gasteiger partial charge on any atom is 0.247 e. The molecule has 3 aromatic carbocycles. The van der Waals surface area contributed by atoms with Gasteiger partial charge in [-0.25, -0.2) is 9.07 Å². The van der Waals surface area contributed by atoms with Crippen LogP contribution in [0, 0.1) is 5.82 Å². The molecule has 1 aromatic heterocycles. The largest absolute Gasteiger partial charge is 0.497 e. The molecule has 2 amide bonds. The lowest BCUT2D eigenvalue weighted by molar-refractivity contribution is -0.142. The zero-order chi connectivity index (χ0) is 27.2. The van der Waals surface area contributed by atoms with Crippen LogP contribution in [0.5, 0.6) is 5.75 Å². The van der Waals surface area contributed by atoms with Gasteiger partial charge in [0.05, 0.1) is 18.7 Å². The number of aromatic nitrogens is 3. The van der Waals surface area contributed by atoms with Gasteiger partial charge < -0.3 is 19.7 Å². The number of methoxy groups -OCH3 is 1. The molecule has 0 unspecified atom stereocenters. The Morgan fingerprint density at radius 3 is 2.62 bits per heavy atom. The minimum absolute atomic E-state index is 0.0740. The summed E-state index contributed by atoms with van der Waals surface area (Å²) in [5, 5.41) is 11.3. The van der Waals surface area contributed by atoms with E-state index in [1.54, 1.807) is 19.2 Å². The molecular weight excluding hydrogens is 501 g/mol. The van der Waals surface area contributed by atoms with Gasteiger partial charge >= 0.3 is 0 Å². The molecule has 1 aliphatic rings. The van der Waals surface area contributed by atoms with Crippen molar-refractivity contribution < 1.29 is 23.5 Å². The fourth-order valence-corrected chi connectivity index (χ4v) is 4.74. The lowest BCUT2D eigenvalue weighted by atomic mass is 10.0. The summed E-state index contributed by atoms with van der Waals surface area (Å²) in [5.74, 6) is -0.472. The molecule has 1 saturated heterocycles. The number of carbonyl (C=O) groups is 2. The van der Waals surface area contributed by atoms with Gasteiger partial charge in [-0.15, -0.1) is 5.10 Å². The van der Waals surface area contributed by atoms with E-state index in [1.807, 2.05) is 36.4 Å². The van der Waals surface area contributed by atoms with Gasteiger partial charge in [-0.1, -0.05) is 41.6 Å². The first-order chi connectivity index (χ1) is 19.0. The monoisotopic (exact) mass is 531 g/mol. The van der Waals surface area contributed by atoms with Crippen molar-refractivity contribution >= 4 is 22.8 Å². The molecular formula is C29H30FN5O4. The summed E-state index contributed by atoms with van der Waals surface area (Å²) >= 11 is 0. The van der Waals surface area contributed by atoms with Crippen LogP contribution < -0.4 is 10.1 Å². The molecule has 4 aromatic rings. The molecule has 202 valence electrons. The lowest BCUT2D eigenvalue weighted by Crippen LogP contribution is -2.46. The number of nitrogens with one attached hydrogen (secondary N) is 1. The second-order valence-electron chi connectivity index (χ2n) is 9.44. The third-order valence-electron chi connectivity index (χ3n) is 6.81. The summed E-state index contributed by atoms with van der Waals surface area (Å²) < 4.78 is 26.3. The molecule has 39 heavy (non-hydrogen) atoms. The molecule has 1 aliphatic heterocycles. The molecule has 0 saturated carbocycles. The smallest absolute Gasteiger partial charge is 0.247 e. The van der Waals surface area contributed by atoms with E-state index >= 15 is 0 Å². The molecule has 9 nitrogen and oxygen atoms in total. The number of halogens is 1. The van der Waals surface area contributed by atoms with Gasteiger partial charge in [0.25, 0.3) is 0 Å². The fourth-order valence-electron chi connectivity index (χ4n) is 4.74. The van der Waals surface area contributed by atoms with Crippen molar-refractivity contribution in [3.8, 4) is 5.75 Å². The Labute approximate surface area is 225 Å². The summed E-state index contributed by atoms with van der Waals surface area (Å²) in [5.41, 5.74) is 2.66. The van der Waals surface area contributed by atoms with Crippen molar-refractivity contribution in [2.75, 3.05) is 20.3 Å². The predicted molar refractivity (Wildman–Crippen MR) is 142 cm³/mol. The zero-order valence-electron chi connectivity index (χ0n) is 21.6. The van der Waals surface area contributed by atoms with Crippen LogP contribution in [-0.2, 0) is 27.4 Å². The van der Waals surface area contributed by atoms with Crippen LogP contribution in [0.15, 0.2) is 72.8 Å². The number of hydrogen-bond donors (Lipinski definition) is 1. The highest BCUT2D eigenvalue weighted by molar-refractivity contribution is 5.89. The van der Waals surface area contributed by atoms with E-state index in [1.165, 1.54) is 33.8 Å². The van der Waals surface area contributed by atoms with Crippen LogP contribution in [0.4, 0.5) is 4.39 Å². The summed E-state index contributed by atoms with van der Waals surface area (Å²) in [6.45, 7) is 0.989. The van der Waals surface area contributed by atoms with E-state index in [0.717, 1.165) is 18.4 Å². The Balaban J connectivity index is 1.49. The van der Waals surface area contributed by atoms with Crippen LogP contribution in [0.1, 0.15) is 30.0 Å². The fraction of sp³-hybridized carbons (Fsp3) is 0.310. The number of nitrogens with zero attached hydrogens (tertiary/aromatic N) is 4. The van der Waals surface area contributed by atoms with Crippen molar-refractivity contribution in [3.63, 3.8) is 0 Å². The normalized spacial score (nSPS) is 15.7. The van der Waals surface area contributed by atoms with Gasteiger partial charge in [0.2, 0.25) is 11.8 Å². The Bertz CT molecular complexity index is 1420. The predicted octanol–water partition coefficient (Wildman–Crippen LogP) is 3.64. The van der Waals surface area contributed by atoms with E-state index in [9.17, 15) is 14.0 Å². The highest BCUT2D eigenvalue weighted by Gasteiger charge is 2.33. The average Bonchev–Trinajstić information content (AvgIpc) is 3.63. The first-order valence-electron chi connectivity index (χ1n) is 12.9. The van der Waals surface area contributed by atoms with E-state index in [-0.39, 0.29) is 31.0 Å². The highest BCUT2D eigenvalue weighted by atomic mass is 19.1. The maximum atomic E-state index is 14.0. The molecule has 10 heteroatoms. The van der Waals surface area contributed by atoms with Crippen LogP contribution in [0.2, 0.25) is 0 Å². The number of carbonyl (C=O) groups excluding carboxylic acids is 2. The van der Waals surface area contributed by atoms with E-state index < -0.39 is 11.9 Å². The van der Waals surface area contributed by atoms with Crippen molar-refractivity contribution in [1.82, 2.24) is 25.2 Å². The Kier molecular flexibility index (Phi) is 8.12. The molecule has 0 spiro atoms. The van der Waals surface area contributed by atoms with Crippen molar-refractivity contribution in [2.24, 2.45) is 0 Å². The molecule has 0 aliphatic carbocycles.